The molecule has 0 atom stereocenters. The minimum absolute atomic E-state index is 0.0675. The van der Waals surface area contributed by atoms with Gasteiger partial charge in [0.25, 0.3) is 5.91 Å². The van der Waals surface area contributed by atoms with E-state index in [4.69, 9.17) is 4.74 Å². The molecule has 6 heteroatoms. The lowest BCUT2D eigenvalue weighted by Gasteiger charge is -2.29. The summed E-state index contributed by atoms with van der Waals surface area (Å²) >= 11 is 0. The van der Waals surface area contributed by atoms with Crippen LogP contribution in [0.5, 0.6) is 5.75 Å². The fourth-order valence-corrected chi connectivity index (χ4v) is 3.73. The number of rotatable bonds is 6. The molecule has 1 amide bonds. The first-order chi connectivity index (χ1) is 13.4. The van der Waals surface area contributed by atoms with Gasteiger partial charge in [-0.15, -0.1) is 0 Å². The second-order valence-electron chi connectivity index (χ2n) is 7.68. The van der Waals surface area contributed by atoms with Gasteiger partial charge in [0.1, 0.15) is 44.3 Å². The Morgan fingerprint density at radius 2 is 1.79 bits per heavy atom. The van der Waals surface area contributed by atoms with Crippen molar-refractivity contribution in [2.24, 2.45) is 0 Å². The second kappa shape index (κ2) is 9.17. The van der Waals surface area contributed by atoms with E-state index < -0.39 is 0 Å². The minimum atomic E-state index is -0.297. The van der Waals surface area contributed by atoms with Crippen LogP contribution in [-0.2, 0) is 11.3 Å². The molecule has 2 aromatic rings. The van der Waals surface area contributed by atoms with Gasteiger partial charge in [-0.2, -0.15) is 0 Å². The highest BCUT2D eigenvalue weighted by atomic mass is 19.1. The number of carbonyl (C=O) groups excluding carboxylic acids is 1. The molecule has 2 aromatic carbocycles. The van der Waals surface area contributed by atoms with Crippen molar-refractivity contribution in [1.82, 2.24) is 0 Å². The SMILES string of the molecule is COc1ccc(C)cc1C[NH+]1CC[NH+](CC(=O)Nc2ccc(C)c(F)c2)CC1. The van der Waals surface area contributed by atoms with Crippen LogP contribution in [0.1, 0.15) is 16.7 Å². The maximum Gasteiger partial charge on any atom is 0.279 e. The number of carbonyl (C=O) groups is 1. The van der Waals surface area contributed by atoms with Crippen molar-refractivity contribution < 1.29 is 23.7 Å². The number of benzene rings is 2. The largest absolute Gasteiger partial charge is 0.496 e. The van der Waals surface area contributed by atoms with Gasteiger partial charge in [0.2, 0.25) is 0 Å². The predicted molar refractivity (Wildman–Crippen MR) is 107 cm³/mol. The van der Waals surface area contributed by atoms with Gasteiger partial charge in [-0.3, -0.25) is 4.79 Å². The van der Waals surface area contributed by atoms with Crippen molar-refractivity contribution in [2.45, 2.75) is 20.4 Å². The maximum atomic E-state index is 13.6. The highest BCUT2D eigenvalue weighted by Crippen LogP contribution is 2.18. The van der Waals surface area contributed by atoms with E-state index >= 15 is 0 Å². The Morgan fingerprint density at radius 1 is 1.07 bits per heavy atom. The quantitative estimate of drug-likeness (QED) is 0.671. The van der Waals surface area contributed by atoms with Gasteiger partial charge < -0.3 is 19.9 Å². The van der Waals surface area contributed by atoms with Crippen LogP contribution in [0.2, 0.25) is 0 Å². The lowest BCUT2D eigenvalue weighted by atomic mass is 10.1. The number of ether oxygens (including phenoxy) is 1. The molecule has 1 heterocycles. The van der Waals surface area contributed by atoms with Gasteiger partial charge in [-0.25, -0.2) is 4.39 Å². The molecule has 5 nitrogen and oxygen atoms in total. The molecule has 3 N–H and O–H groups in total. The molecule has 1 saturated heterocycles. The molecule has 0 unspecified atom stereocenters. The smallest absolute Gasteiger partial charge is 0.279 e. The zero-order valence-corrected chi connectivity index (χ0v) is 16.9. The molecule has 1 aliphatic heterocycles. The number of hydrogen-bond donors (Lipinski definition) is 3. The first-order valence-corrected chi connectivity index (χ1v) is 9.81. The van der Waals surface area contributed by atoms with Gasteiger partial charge in [0.15, 0.2) is 6.54 Å². The van der Waals surface area contributed by atoms with Gasteiger partial charge in [-0.05, 0) is 43.7 Å². The number of anilines is 1. The standard InChI is InChI=1S/C22H28FN3O2/c1-16-4-7-21(28-3)18(12-16)14-25-8-10-26(11-9-25)15-22(27)24-19-6-5-17(2)20(23)13-19/h4-7,12-13H,8-11,14-15H2,1-3H3,(H,24,27)/p+2. The van der Waals surface area contributed by atoms with E-state index in [0.29, 0.717) is 17.8 Å². The van der Waals surface area contributed by atoms with Crippen LogP contribution in [0, 0.1) is 19.7 Å². The summed E-state index contributed by atoms with van der Waals surface area (Å²) in [5.41, 5.74) is 3.57. The van der Waals surface area contributed by atoms with Crippen molar-refractivity contribution in [3.8, 4) is 5.75 Å². The number of piperazine rings is 1. The van der Waals surface area contributed by atoms with Crippen molar-refractivity contribution in [3.63, 3.8) is 0 Å². The normalized spacial score (nSPS) is 19.3. The van der Waals surface area contributed by atoms with Crippen molar-refractivity contribution >= 4 is 11.6 Å². The van der Waals surface area contributed by atoms with E-state index in [0.717, 1.165) is 38.5 Å². The third kappa shape index (κ3) is 5.30. The Hall–Kier alpha value is -2.44. The molecule has 0 spiro atoms. The van der Waals surface area contributed by atoms with Crippen LogP contribution in [0.25, 0.3) is 0 Å². The Labute approximate surface area is 166 Å². The molecule has 1 aliphatic rings. The van der Waals surface area contributed by atoms with E-state index in [9.17, 15) is 9.18 Å². The Kier molecular flexibility index (Phi) is 6.65. The zero-order chi connectivity index (χ0) is 20.1. The summed E-state index contributed by atoms with van der Waals surface area (Å²) in [6.07, 6.45) is 0. The van der Waals surface area contributed by atoms with Crippen LogP contribution < -0.4 is 19.9 Å². The molecule has 1 fully saturated rings. The Morgan fingerprint density at radius 3 is 2.46 bits per heavy atom. The first-order valence-electron chi connectivity index (χ1n) is 9.81. The van der Waals surface area contributed by atoms with Crippen LogP contribution in [0.4, 0.5) is 10.1 Å². The molecular formula is C22H30FN3O2+2. The van der Waals surface area contributed by atoms with Crippen LogP contribution >= 0.6 is 0 Å². The molecular weight excluding hydrogens is 357 g/mol. The molecule has 28 heavy (non-hydrogen) atoms. The highest BCUT2D eigenvalue weighted by molar-refractivity contribution is 5.91. The van der Waals surface area contributed by atoms with E-state index in [1.54, 1.807) is 26.2 Å². The Balaban J connectivity index is 1.48. The molecule has 0 aliphatic carbocycles. The molecule has 3 rings (SSSR count). The molecule has 0 radical (unpaired) electrons. The fraction of sp³-hybridized carbons (Fsp3) is 0.409. The third-order valence-corrected chi connectivity index (χ3v) is 5.41. The van der Waals surface area contributed by atoms with Gasteiger partial charge in [0, 0.05) is 11.3 Å². The summed E-state index contributed by atoms with van der Waals surface area (Å²) < 4.78 is 19.1. The van der Waals surface area contributed by atoms with Gasteiger partial charge in [0.05, 0.1) is 7.11 Å². The molecule has 0 saturated carbocycles. The number of aryl methyl sites for hydroxylation is 2. The topological polar surface area (TPSA) is 47.2 Å². The second-order valence-corrected chi connectivity index (χ2v) is 7.68. The minimum Gasteiger partial charge on any atom is -0.496 e. The number of amides is 1. The average molecular weight is 387 g/mol. The van der Waals surface area contributed by atoms with E-state index in [1.165, 1.54) is 27.0 Å². The average Bonchev–Trinajstić information content (AvgIpc) is 2.66. The zero-order valence-electron chi connectivity index (χ0n) is 16.9. The summed E-state index contributed by atoms with van der Waals surface area (Å²) in [7, 11) is 1.71. The summed E-state index contributed by atoms with van der Waals surface area (Å²) in [6.45, 7) is 9.07. The summed E-state index contributed by atoms with van der Waals surface area (Å²) in [6, 6.07) is 11.1. The first kappa shape index (κ1) is 20.3. The van der Waals surface area contributed by atoms with E-state index in [2.05, 4.69) is 24.4 Å². The summed E-state index contributed by atoms with van der Waals surface area (Å²) in [5, 5.41) is 2.81. The highest BCUT2D eigenvalue weighted by Gasteiger charge is 2.25. The number of nitrogens with one attached hydrogen (secondary N) is 3. The van der Waals surface area contributed by atoms with Crippen molar-refractivity contribution in [1.29, 1.82) is 0 Å². The summed E-state index contributed by atoms with van der Waals surface area (Å²) in [4.78, 5) is 15.1. The molecule has 0 aromatic heterocycles. The van der Waals surface area contributed by atoms with Crippen LogP contribution in [0.3, 0.4) is 0 Å². The summed E-state index contributed by atoms with van der Waals surface area (Å²) in [5.74, 6) is 0.577. The van der Waals surface area contributed by atoms with Crippen LogP contribution in [0.15, 0.2) is 36.4 Å². The third-order valence-electron chi connectivity index (χ3n) is 5.41. The maximum absolute atomic E-state index is 13.6. The van der Waals surface area contributed by atoms with Crippen molar-refractivity contribution in [2.75, 3.05) is 45.2 Å². The number of methoxy groups -OCH3 is 1. The van der Waals surface area contributed by atoms with E-state index in [1.807, 2.05) is 6.07 Å². The van der Waals surface area contributed by atoms with Gasteiger partial charge in [-0.1, -0.05) is 17.7 Å². The molecule has 150 valence electrons. The van der Waals surface area contributed by atoms with Gasteiger partial charge >= 0.3 is 0 Å². The van der Waals surface area contributed by atoms with Crippen molar-refractivity contribution in [3.05, 3.63) is 58.9 Å². The molecule has 0 bridgehead atoms. The van der Waals surface area contributed by atoms with Crippen LogP contribution in [-0.4, -0.2) is 45.7 Å². The predicted octanol–water partition coefficient (Wildman–Crippen LogP) is 0.373. The Bertz CT molecular complexity index is 833. The number of quaternary nitrogens is 2. The van der Waals surface area contributed by atoms with E-state index in [-0.39, 0.29) is 11.7 Å². The number of halogens is 1. The monoisotopic (exact) mass is 387 g/mol. The number of hydrogen-bond acceptors (Lipinski definition) is 2. The fourth-order valence-electron chi connectivity index (χ4n) is 3.73. The lowest BCUT2D eigenvalue weighted by Crippen LogP contribution is -3.28. The lowest BCUT2D eigenvalue weighted by molar-refractivity contribution is -1.02.